The topological polar surface area (TPSA) is 44.5 Å². The fourth-order valence-corrected chi connectivity index (χ4v) is 2.85. The minimum absolute atomic E-state index is 0.385. The molecule has 1 aromatic rings. The van der Waals surface area contributed by atoms with Gasteiger partial charge in [0, 0.05) is 17.3 Å². The maximum Gasteiger partial charge on any atom is 0.142 e. The molecule has 1 atom stereocenters. The summed E-state index contributed by atoms with van der Waals surface area (Å²) in [5, 5.41) is 0. The summed E-state index contributed by atoms with van der Waals surface area (Å²) >= 11 is 1.74. The van der Waals surface area contributed by atoms with E-state index in [0.29, 0.717) is 6.10 Å². The number of anilines is 1. The van der Waals surface area contributed by atoms with Gasteiger partial charge in [-0.3, -0.25) is 0 Å². The Labute approximate surface area is 100 Å². The second-order valence-corrected chi connectivity index (χ2v) is 4.88. The van der Waals surface area contributed by atoms with Gasteiger partial charge in [0.05, 0.1) is 18.9 Å². The Morgan fingerprint density at radius 3 is 3.12 bits per heavy atom. The van der Waals surface area contributed by atoms with Gasteiger partial charge in [0.15, 0.2) is 0 Å². The molecule has 0 spiro atoms. The number of para-hydroxylation sites is 1. The molecule has 88 valence electrons. The van der Waals surface area contributed by atoms with Crippen LogP contribution in [0.2, 0.25) is 0 Å². The Balaban J connectivity index is 1.97. The predicted octanol–water partition coefficient (Wildman–Crippen LogP) is 2.55. The summed E-state index contributed by atoms with van der Waals surface area (Å²) in [7, 11) is 1.64. The van der Waals surface area contributed by atoms with Crippen LogP contribution in [0.5, 0.6) is 5.75 Å². The van der Waals surface area contributed by atoms with Crippen LogP contribution in [0.15, 0.2) is 23.1 Å². The van der Waals surface area contributed by atoms with E-state index in [9.17, 15) is 0 Å². The first kappa shape index (κ1) is 11.6. The molecule has 0 radical (unpaired) electrons. The van der Waals surface area contributed by atoms with Gasteiger partial charge in [-0.25, -0.2) is 0 Å². The van der Waals surface area contributed by atoms with Crippen molar-refractivity contribution in [1.82, 2.24) is 0 Å². The lowest BCUT2D eigenvalue weighted by molar-refractivity contribution is 0.129. The van der Waals surface area contributed by atoms with Crippen molar-refractivity contribution in [1.29, 1.82) is 0 Å². The summed E-state index contributed by atoms with van der Waals surface area (Å²) in [6.45, 7) is 0.902. The third-order valence-corrected chi connectivity index (χ3v) is 3.90. The molecule has 1 heterocycles. The fourth-order valence-electron chi connectivity index (χ4n) is 1.79. The number of methoxy groups -OCH3 is 1. The van der Waals surface area contributed by atoms with Gasteiger partial charge in [0.1, 0.15) is 5.75 Å². The molecule has 1 aliphatic heterocycles. The molecule has 16 heavy (non-hydrogen) atoms. The molecule has 1 fully saturated rings. The molecule has 0 bridgehead atoms. The fraction of sp³-hybridized carbons (Fsp3) is 0.500. The first-order chi connectivity index (χ1) is 7.81. The van der Waals surface area contributed by atoms with E-state index in [1.54, 1.807) is 18.9 Å². The number of nitrogen functional groups attached to an aromatic ring is 1. The first-order valence-electron chi connectivity index (χ1n) is 5.48. The number of benzene rings is 1. The summed E-state index contributed by atoms with van der Waals surface area (Å²) in [5.74, 6) is 1.72. The lowest BCUT2D eigenvalue weighted by Gasteiger charge is -2.12. The number of thioether (sulfide) groups is 1. The Morgan fingerprint density at radius 1 is 1.56 bits per heavy atom. The van der Waals surface area contributed by atoms with Gasteiger partial charge < -0.3 is 15.2 Å². The summed E-state index contributed by atoms with van der Waals surface area (Å²) in [4.78, 5) is 1.08. The highest BCUT2D eigenvalue weighted by atomic mass is 32.2. The largest absolute Gasteiger partial charge is 0.495 e. The Bertz CT molecular complexity index is 351. The van der Waals surface area contributed by atoms with E-state index in [2.05, 4.69) is 0 Å². The van der Waals surface area contributed by atoms with Gasteiger partial charge >= 0.3 is 0 Å². The third-order valence-electron chi connectivity index (χ3n) is 2.69. The molecule has 0 saturated carbocycles. The van der Waals surface area contributed by atoms with E-state index in [1.807, 2.05) is 18.2 Å². The Morgan fingerprint density at radius 2 is 2.44 bits per heavy atom. The number of hydrogen-bond acceptors (Lipinski definition) is 4. The van der Waals surface area contributed by atoms with Crippen LogP contribution in [0.1, 0.15) is 12.8 Å². The second kappa shape index (κ2) is 5.46. The minimum Gasteiger partial charge on any atom is -0.495 e. The minimum atomic E-state index is 0.385. The van der Waals surface area contributed by atoms with Crippen LogP contribution in [0.4, 0.5) is 5.69 Å². The van der Waals surface area contributed by atoms with Crippen LogP contribution in [0.3, 0.4) is 0 Å². The summed E-state index contributed by atoms with van der Waals surface area (Å²) < 4.78 is 10.8. The highest BCUT2D eigenvalue weighted by Gasteiger charge is 2.16. The zero-order chi connectivity index (χ0) is 11.4. The van der Waals surface area contributed by atoms with Crippen molar-refractivity contribution >= 4 is 17.4 Å². The lowest BCUT2D eigenvalue weighted by Crippen LogP contribution is -2.08. The van der Waals surface area contributed by atoms with E-state index in [1.165, 1.54) is 6.42 Å². The molecule has 1 aromatic carbocycles. The maximum absolute atomic E-state index is 5.99. The van der Waals surface area contributed by atoms with Crippen LogP contribution in [0, 0.1) is 0 Å². The van der Waals surface area contributed by atoms with E-state index < -0.39 is 0 Å². The van der Waals surface area contributed by atoms with Crippen molar-refractivity contribution in [2.75, 3.05) is 25.2 Å². The molecule has 1 saturated heterocycles. The van der Waals surface area contributed by atoms with Gasteiger partial charge in [-0.15, -0.1) is 11.8 Å². The molecule has 2 rings (SSSR count). The van der Waals surface area contributed by atoms with Gasteiger partial charge in [-0.1, -0.05) is 6.07 Å². The van der Waals surface area contributed by atoms with E-state index in [4.69, 9.17) is 15.2 Å². The van der Waals surface area contributed by atoms with Gasteiger partial charge in [-0.05, 0) is 25.0 Å². The van der Waals surface area contributed by atoms with Gasteiger partial charge in [0.25, 0.3) is 0 Å². The standard InChI is InChI=1S/C12H17NO2S/c1-14-10-5-2-6-11(12(10)13)16-8-9-4-3-7-15-9/h2,5-6,9H,3-4,7-8,13H2,1H3. The zero-order valence-corrected chi connectivity index (χ0v) is 10.3. The molecule has 2 N–H and O–H groups in total. The van der Waals surface area contributed by atoms with Crippen LogP contribution < -0.4 is 10.5 Å². The van der Waals surface area contributed by atoms with Crippen LogP contribution in [0.25, 0.3) is 0 Å². The van der Waals surface area contributed by atoms with E-state index >= 15 is 0 Å². The van der Waals surface area contributed by atoms with Gasteiger partial charge in [0.2, 0.25) is 0 Å². The Hall–Kier alpha value is -0.870. The maximum atomic E-state index is 5.99. The predicted molar refractivity (Wildman–Crippen MR) is 67.1 cm³/mol. The molecule has 3 nitrogen and oxygen atoms in total. The van der Waals surface area contributed by atoms with Crippen LogP contribution in [-0.4, -0.2) is 25.6 Å². The summed E-state index contributed by atoms with van der Waals surface area (Å²) in [6.07, 6.45) is 2.73. The molecule has 4 heteroatoms. The normalized spacial score (nSPS) is 19.9. The zero-order valence-electron chi connectivity index (χ0n) is 9.44. The average Bonchev–Trinajstić information content (AvgIpc) is 2.81. The van der Waals surface area contributed by atoms with Crippen molar-refractivity contribution in [3.8, 4) is 5.75 Å². The number of nitrogens with two attached hydrogens (primary N) is 1. The summed E-state index contributed by atoms with van der Waals surface area (Å²) in [5.41, 5.74) is 6.72. The van der Waals surface area contributed by atoms with E-state index in [0.717, 1.165) is 35.1 Å². The third kappa shape index (κ3) is 2.62. The van der Waals surface area contributed by atoms with Crippen molar-refractivity contribution in [2.45, 2.75) is 23.8 Å². The lowest BCUT2D eigenvalue weighted by atomic mass is 10.3. The molecule has 0 aromatic heterocycles. The summed E-state index contributed by atoms with van der Waals surface area (Å²) in [6, 6.07) is 5.87. The molecular formula is C12H17NO2S. The SMILES string of the molecule is COc1cccc(SCC2CCCO2)c1N. The number of rotatable bonds is 4. The van der Waals surface area contributed by atoms with Crippen LogP contribution >= 0.6 is 11.8 Å². The quantitative estimate of drug-likeness (QED) is 0.648. The van der Waals surface area contributed by atoms with Crippen molar-refractivity contribution in [2.24, 2.45) is 0 Å². The molecule has 0 amide bonds. The van der Waals surface area contributed by atoms with Crippen LogP contribution in [-0.2, 0) is 4.74 Å². The van der Waals surface area contributed by atoms with Crippen molar-refractivity contribution in [3.05, 3.63) is 18.2 Å². The van der Waals surface area contributed by atoms with Crippen molar-refractivity contribution < 1.29 is 9.47 Å². The first-order valence-corrected chi connectivity index (χ1v) is 6.46. The highest BCUT2D eigenvalue weighted by molar-refractivity contribution is 7.99. The van der Waals surface area contributed by atoms with E-state index in [-0.39, 0.29) is 0 Å². The molecular weight excluding hydrogens is 222 g/mol. The Kier molecular flexibility index (Phi) is 3.96. The smallest absolute Gasteiger partial charge is 0.142 e. The monoisotopic (exact) mass is 239 g/mol. The average molecular weight is 239 g/mol. The highest BCUT2D eigenvalue weighted by Crippen LogP contribution is 2.33. The molecule has 1 aliphatic rings. The molecule has 0 aliphatic carbocycles. The number of ether oxygens (including phenoxy) is 2. The van der Waals surface area contributed by atoms with Crippen molar-refractivity contribution in [3.63, 3.8) is 0 Å². The number of hydrogen-bond donors (Lipinski definition) is 1. The second-order valence-electron chi connectivity index (χ2n) is 3.82. The van der Waals surface area contributed by atoms with Gasteiger partial charge in [-0.2, -0.15) is 0 Å². The molecule has 1 unspecified atom stereocenters.